The lowest BCUT2D eigenvalue weighted by Gasteiger charge is -2.28. The Morgan fingerprint density at radius 3 is 2.43 bits per heavy atom. The van der Waals surface area contributed by atoms with Crippen LogP contribution in [0.1, 0.15) is 26.7 Å². The molecule has 0 aromatic heterocycles. The zero-order valence-electron chi connectivity index (χ0n) is 13.7. The van der Waals surface area contributed by atoms with E-state index in [4.69, 9.17) is 9.47 Å². The van der Waals surface area contributed by atoms with Crippen molar-refractivity contribution in [3.63, 3.8) is 0 Å². The molecule has 0 radical (unpaired) electrons. The molecule has 1 saturated heterocycles. The van der Waals surface area contributed by atoms with E-state index in [1.165, 1.54) is 12.1 Å². The number of benzene rings is 1. The first kappa shape index (κ1) is 16.0. The molecule has 0 saturated carbocycles. The predicted octanol–water partition coefficient (Wildman–Crippen LogP) is 2.92. The van der Waals surface area contributed by atoms with E-state index in [0.29, 0.717) is 12.0 Å². The highest BCUT2D eigenvalue weighted by Crippen LogP contribution is 2.29. The van der Waals surface area contributed by atoms with Gasteiger partial charge in [-0.25, -0.2) is 0 Å². The van der Waals surface area contributed by atoms with E-state index < -0.39 is 0 Å². The molecule has 1 atom stereocenters. The molecule has 1 N–H and O–H groups in total. The fourth-order valence-electron chi connectivity index (χ4n) is 2.93. The molecule has 0 bridgehead atoms. The van der Waals surface area contributed by atoms with Gasteiger partial charge in [-0.3, -0.25) is 0 Å². The van der Waals surface area contributed by atoms with E-state index in [2.05, 4.69) is 36.2 Å². The molecule has 1 fully saturated rings. The summed E-state index contributed by atoms with van der Waals surface area (Å²) in [6.45, 7) is 7.76. The summed E-state index contributed by atoms with van der Waals surface area (Å²) in [6, 6.07) is 6.66. The van der Waals surface area contributed by atoms with E-state index in [0.717, 1.165) is 37.6 Å². The van der Waals surface area contributed by atoms with Crippen LogP contribution in [-0.2, 0) is 0 Å². The Hall–Kier alpha value is -1.42. The van der Waals surface area contributed by atoms with E-state index in [-0.39, 0.29) is 0 Å². The predicted molar refractivity (Wildman–Crippen MR) is 87.6 cm³/mol. The van der Waals surface area contributed by atoms with Gasteiger partial charge in [0.25, 0.3) is 0 Å². The molecule has 4 heteroatoms. The van der Waals surface area contributed by atoms with Crippen LogP contribution in [0.3, 0.4) is 0 Å². The van der Waals surface area contributed by atoms with Gasteiger partial charge in [-0.15, -0.1) is 0 Å². The average molecular weight is 292 g/mol. The van der Waals surface area contributed by atoms with Crippen molar-refractivity contribution in [2.24, 2.45) is 5.92 Å². The summed E-state index contributed by atoms with van der Waals surface area (Å²) in [6.07, 6.45) is 2.37. The molecule has 1 aromatic carbocycles. The van der Waals surface area contributed by atoms with Crippen LogP contribution in [0.5, 0.6) is 11.5 Å². The van der Waals surface area contributed by atoms with E-state index in [9.17, 15) is 0 Å². The third-order valence-corrected chi connectivity index (χ3v) is 3.94. The standard InChI is InChI=1S/C17H28N2O2/c1-13(2)8-14-12-19(7-5-6-18-14)15-9-16(20-3)11-17(10-15)21-4/h9-11,13-14,18H,5-8,12H2,1-4H3. The lowest BCUT2D eigenvalue weighted by molar-refractivity contribution is 0.394. The van der Waals surface area contributed by atoms with E-state index >= 15 is 0 Å². The number of rotatable bonds is 5. The number of anilines is 1. The molecule has 118 valence electrons. The number of ether oxygens (including phenoxy) is 2. The lowest BCUT2D eigenvalue weighted by atomic mass is 10.0. The lowest BCUT2D eigenvalue weighted by Crippen LogP contribution is -2.38. The fourth-order valence-corrected chi connectivity index (χ4v) is 2.93. The van der Waals surface area contributed by atoms with Gasteiger partial charge in [0.15, 0.2) is 0 Å². The van der Waals surface area contributed by atoms with Gasteiger partial charge in [0.2, 0.25) is 0 Å². The molecule has 21 heavy (non-hydrogen) atoms. The van der Waals surface area contributed by atoms with Gasteiger partial charge in [0.1, 0.15) is 11.5 Å². The highest BCUT2D eigenvalue weighted by Gasteiger charge is 2.19. The minimum absolute atomic E-state index is 0.546. The zero-order valence-corrected chi connectivity index (χ0v) is 13.7. The van der Waals surface area contributed by atoms with Crippen molar-refractivity contribution in [2.75, 3.05) is 38.8 Å². The van der Waals surface area contributed by atoms with Gasteiger partial charge in [-0.1, -0.05) is 13.8 Å². The summed E-state index contributed by atoms with van der Waals surface area (Å²) < 4.78 is 10.8. The van der Waals surface area contributed by atoms with Gasteiger partial charge in [0.05, 0.1) is 14.2 Å². The van der Waals surface area contributed by atoms with Gasteiger partial charge in [0, 0.05) is 43.0 Å². The molecule has 4 nitrogen and oxygen atoms in total. The largest absolute Gasteiger partial charge is 0.497 e. The second-order valence-electron chi connectivity index (χ2n) is 6.15. The normalized spacial score (nSPS) is 19.5. The Morgan fingerprint density at radius 2 is 1.86 bits per heavy atom. The molecule has 1 heterocycles. The van der Waals surface area contributed by atoms with E-state index in [1.54, 1.807) is 14.2 Å². The van der Waals surface area contributed by atoms with Crippen molar-refractivity contribution in [2.45, 2.75) is 32.7 Å². The second-order valence-corrected chi connectivity index (χ2v) is 6.15. The van der Waals surface area contributed by atoms with Crippen LogP contribution in [0, 0.1) is 5.92 Å². The highest BCUT2D eigenvalue weighted by atomic mass is 16.5. The zero-order chi connectivity index (χ0) is 15.2. The molecule has 0 amide bonds. The van der Waals surface area contributed by atoms with Crippen molar-refractivity contribution in [1.82, 2.24) is 5.32 Å². The van der Waals surface area contributed by atoms with Gasteiger partial charge in [-0.05, 0) is 25.3 Å². The molecule has 0 aliphatic carbocycles. The first-order chi connectivity index (χ1) is 10.1. The second kappa shape index (κ2) is 7.55. The number of hydrogen-bond acceptors (Lipinski definition) is 4. The van der Waals surface area contributed by atoms with Gasteiger partial charge < -0.3 is 19.7 Å². The summed E-state index contributed by atoms with van der Waals surface area (Å²) in [5.74, 6) is 2.41. The summed E-state index contributed by atoms with van der Waals surface area (Å²) in [7, 11) is 3.40. The molecular formula is C17H28N2O2. The third-order valence-electron chi connectivity index (χ3n) is 3.94. The molecule has 1 aromatic rings. The SMILES string of the molecule is COc1cc(OC)cc(N2CCCNC(CC(C)C)C2)c1. The Bertz CT molecular complexity index is 426. The maximum absolute atomic E-state index is 5.39. The minimum Gasteiger partial charge on any atom is -0.497 e. The van der Waals surface area contributed by atoms with Crippen molar-refractivity contribution in [1.29, 1.82) is 0 Å². The number of hydrogen-bond donors (Lipinski definition) is 1. The first-order valence-corrected chi connectivity index (χ1v) is 7.83. The molecule has 0 spiro atoms. The van der Waals surface area contributed by atoms with Crippen molar-refractivity contribution in [3.05, 3.63) is 18.2 Å². The Kier molecular flexibility index (Phi) is 5.74. The first-order valence-electron chi connectivity index (χ1n) is 7.83. The fraction of sp³-hybridized carbons (Fsp3) is 0.647. The van der Waals surface area contributed by atoms with Crippen LogP contribution in [0.15, 0.2) is 18.2 Å². The molecular weight excluding hydrogens is 264 g/mol. The topological polar surface area (TPSA) is 33.7 Å². The van der Waals surface area contributed by atoms with Crippen LogP contribution >= 0.6 is 0 Å². The van der Waals surface area contributed by atoms with Crippen molar-refractivity contribution < 1.29 is 9.47 Å². The van der Waals surface area contributed by atoms with Crippen molar-refractivity contribution in [3.8, 4) is 11.5 Å². The Balaban J connectivity index is 2.18. The Morgan fingerprint density at radius 1 is 1.19 bits per heavy atom. The van der Waals surface area contributed by atoms with Crippen molar-refractivity contribution >= 4 is 5.69 Å². The van der Waals surface area contributed by atoms with Crippen LogP contribution < -0.4 is 19.7 Å². The molecule has 2 rings (SSSR count). The summed E-state index contributed by atoms with van der Waals surface area (Å²) in [4.78, 5) is 2.44. The van der Waals surface area contributed by atoms with Gasteiger partial charge in [-0.2, -0.15) is 0 Å². The highest BCUT2D eigenvalue weighted by molar-refractivity contribution is 5.56. The third kappa shape index (κ3) is 4.53. The van der Waals surface area contributed by atoms with Gasteiger partial charge >= 0.3 is 0 Å². The number of nitrogens with zero attached hydrogens (tertiary/aromatic N) is 1. The Labute approximate surface area is 128 Å². The number of nitrogens with one attached hydrogen (secondary N) is 1. The van der Waals surface area contributed by atoms with Crippen LogP contribution in [-0.4, -0.2) is 39.9 Å². The van der Waals surface area contributed by atoms with E-state index in [1.807, 2.05) is 6.07 Å². The summed E-state index contributed by atoms with van der Waals surface area (Å²) >= 11 is 0. The maximum atomic E-state index is 5.39. The number of methoxy groups -OCH3 is 2. The molecule has 1 aliphatic heterocycles. The maximum Gasteiger partial charge on any atom is 0.124 e. The molecule has 1 unspecified atom stereocenters. The summed E-state index contributed by atoms with van der Waals surface area (Å²) in [5, 5.41) is 3.67. The average Bonchev–Trinajstić information content (AvgIpc) is 2.71. The summed E-state index contributed by atoms with van der Waals surface area (Å²) in [5.41, 5.74) is 1.18. The quantitative estimate of drug-likeness (QED) is 0.905. The minimum atomic E-state index is 0.546. The molecule has 1 aliphatic rings. The smallest absolute Gasteiger partial charge is 0.124 e. The van der Waals surface area contributed by atoms with Crippen LogP contribution in [0.2, 0.25) is 0 Å². The monoisotopic (exact) mass is 292 g/mol. The van der Waals surface area contributed by atoms with Crippen LogP contribution in [0.25, 0.3) is 0 Å². The van der Waals surface area contributed by atoms with Crippen LogP contribution in [0.4, 0.5) is 5.69 Å².